The molecule has 0 amide bonds. The van der Waals surface area contributed by atoms with Crippen molar-refractivity contribution in [3.63, 3.8) is 0 Å². The molecule has 1 atom stereocenters. The van der Waals surface area contributed by atoms with E-state index in [-0.39, 0.29) is 0 Å². The van der Waals surface area contributed by atoms with Gasteiger partial charge in [0, 0.05) is 5.02 Å². The minimum atomic E-state index is -0.869. The topological polar surface area (TPSA) is 46.5 Å². The molecule has 0 bridgehead atoms. The van der Waals surface area contributed by atoms with Crippen LogP contribution in [0.25, 0.3) is 0 Å². The molecule has 1 unspecified atom stereocenters. The number of rotatable bonds is 6. The first-order valence-corrected chi connectivity index (χ1v) is 7.57. The lowest BCUT2D eigenvalue weighted by molar-refractivity contribution is -0.138. The van der Waals surface area contributed by atoms with E-state index in [1.807, 2.05) is 18.2 Å². The number of halogens is 1. The summed E-state index contributed by atoms with van der Waals surface area (Å²) in [5.41, 5.74) is 2.75. The summed E-state index contributed by atoms with van der Waals surface area (Å²) in [6.45, 7) is 2.07. The van der Waals surface area contributed by atoms with Gasteiger partial charge in [0.1, 0.15) is 5.75 Å². The molecule has 0 fully saturated rings. The van der Waals surface area contributed by atoms with E-state index in [1.54, 1.807) is 31.4 Å². The van der Waals surface area contributed by atoms with E-state index in [0.29, 0.717) is 22.8 Å². The van der Waals surface area contributed by atoms with Crippen molar-refractivity contribution in [2.45, 2.75) is 25.7 Å². The molecule has 2 aromatic rings. The number of aliphatic carboxylic acids is 1. The smallest absolute Gasteiger partial charge is 0.311 e. The lowest BCUT2D eigenvalue weighted by Crippen LogP contribution is -2.15. The van der Waals surface area contributed by atoms with Gasteiger partial charge in [-0.3, -0.25) is 4.79 Å². The highest BCUT2D eigenvalue weighted by molar-refractivity contribution is 6.30. The average Bonchev–Trinajstić information content (AvgIpc) is 2.52. The standard InChI is InChI=1S/C18H19ClO3/c1-3-12-7-8-17(22-2)14(9-12)11-16(18(20)21)13-5-4-6-15(19)10-13/h4-10,16H,3,11H2,1-2H3,(H,20,21). The minimum Gasteiger partial charge on any atom is -0.496 e. The van der Waals surface area contributed by atoms with E-state index in [9.17, 15) is 9.90 Å². The van der Waals surface area contributed by atoms with Crippen molar-refractivity contribution in [1.29, 1.82) is 0 Å². The highest BCUT2D eigenvalue weighted by atomic mass is 35.5. The molecule has 0 heterocycles. The van der Waals surface area contributed by atoms with Crippen LogP contribution in [0.15, 0.2) is 42.5 Å². The maximum atomic E-state index is 11.7. The maximum Gasteiger partial charge on any atom is 0.311 e. The van der Waals surface area contributed by atoms with Crippen LogP contribution in [0.4, 0.5) is 0 Å². The molecule has 0 saturated carbocycles. The van der Waals surface area contributed by atoms with Gasteiger partial charge in [0.25, 0.3) is 0 Å². The second kappa shape index (κ2) is 7.32. The fourth-order valence-corrected chi connectivity index (χ4v) is 2.70. The van der Waals surface area contributed by atoms with Crippen molar-refractivity contribution in [2.24, 2.45) is 0 Å². The Labute approximate surface area is 135 Å². The van der Waals surface area contributed by atoms with E-state index in [4.69, 9.17) is 16.3 Å². The summed E-state index contributed by atoms with van der Waals surface area (Å²) >= 11 is 5.99. The van der Waals surface area contributed by atoms with E-state index in [2.05, 4.69) is 6.92 Å². The third kappa shape index (κ3) is 3.80. The zero-order valence-electron chi connectivity index (χ0n) is 12.7. The number of aryl methyl sites for hydroxylation is 1. The van der Waals surface area contributed by atoms with Crippen molar-refractivity contribution in [2.75, 3.05) is 7.11 Å². The molecule has 3 nitrogen and oxygen atoms in total. The third-order valence-electron chi connectivity index (χ3n) is 3.73. The Hall–Kier alpha value is -2.00. The summed E-state index contributed by atoms with van der Waals surface area (Å²) in [5, 5.41) is 10.1. The molecule has 0 spiro atoms. The van der Waals surface area contributed by atoms with Crippen LogP contribution >= 0.6 is 11.6 Å². The summed E-state index contributed by atoms with van der Waals surface area (Å²) in [6, 6.07) is 12.9. The van der Waals surface area contributed by atoms with Crippen molar-refractivity contribution in [1.82, 2.24) is 0 Å². The predicted molar refractivity (Wildman–Crippen MR) is 87.9 cm³/mol. The molecule has 0 aliphatic heterocycles. The molecule has 0 aromatic heterocycles. The largest absolute Gasteiger partial charge is 0.496 e. The Morgan fingerprint density at radius 3 is 2.64 bits per heavy atom. The van der Waals surface area contributed by atoms with Crippen molar-refractivity contribution >= 4 is 17.6 Å². The number of carbonyl (C=O) groups is 1. The highest BCUT2D eigenvalue weighted by Crippen LogP contribution is 2.29. The fourth-order valence-electron chi connectivity index (χ4n) is 2.50. The van der Waals surface area contributed by atoms with Crippen LogP contribution in [-0.2, 0) is 17.6 Å². The number of methoxy groups -OCH3 is 1. The second-order valence-electron chi connectivity index (χ2n) is 5.15. The molecule has 1 N–H and O–H groups in total. The zero-order valence-corrected chi connectivity index (χ0v) is 13.4. The molecule has 0 aliphatic carbocycles. The van der Waals surface area contributed by atoms with Crippen molar-refractivity contribution in [3.05, 3.63) is 64.2 Å². The molecular formula is C18H19ClO3. The third-order valence-corrected chi connectivity index (χ3v) is 3.96. The molecular weight excluding hydrogens is 300 g/mol. The summed E-state index contributed by atoms with van der Waals surface area (Å²) in [5.74, 6) is -0.809. The lowest BCUT2D eigenvalue weighted by Gasteiger charge is -2.16. The van der Waals surface area contributed by atoms with Crippen molar-refractivity contribution < 1.29 is 14.6 Å². The van der Waals surface area contributed by atoms with Gasteiger partial charge in [-0.05, 0) is 47.7 Å². The van der Waals surface area contributed by atoms with Crippen LogP contribution in [0.5, 0.6) is 5.75 Å². The van der Waals surface area contributed by atoms with Gasteiger partial charge in [-0.1, -0.05) is 42.8 Å². The van der Waals surface area contributed by atoms with Gasteiger partial charge in [0.05, 0.1) is 13.0 Å². The van der Waals surface area contributed by atoms with E-state index in [0.717, 1.165) is 17.5 Å². The first-order chi connectivity index (χ1) is 10.5. The van der Waals surface area contributed by atoms with Crippen LogP contribution in [0.3, 0.4) is 0 Å². The van der Waals surface area contributed by atoms with Crippen LogP contribution in [0, 0.1) is 0 Å². The lowest BCUT2D eigenvalue weighted by atomic mass is 9.91. The number of hydrogen-bond acceptors (Lipinski definition) is 2. The van der Waals surface area contributed by atoms with Crippen LogP contribution in [-0.4, -0.2) is 18.2 Å². The number of hydrogen-bond donors (Lipinski definition) is 1. The Morgan fingerprint density at radius 2 is 2.05 bits per heavy atom. The molecule has 0 aliphatic rings. The van der Waals surface area contributed by atoms with Gasteiger partial charge < -0.3 is 9.84 Å². The van der Waals surface area contributed by atoms with Crippen molar-refractivity contribution in [3.8, 4) is 5.75 Å². The van der Waals surface area contributed by atoms with Gasteiger partial charge in [-0.25, -0.2) is 0 Å². The van der Waals surface area contributed by atoms with Gasteiger partial charge in [0.15, 0.2) is 0 Å². The van der Waals surface area contributed by atoms with Crippen LogP contribution in [0.1, 0.15) is 29.5 Å². The van der Waals surface area contributed by atoms with Crippen LogP contribution in [0.2, 0.25) is 5.02 Å². The summed E-state index contributed by atoms with van der Waals surface area (Å²) in [4.78, 5) is 11.7. The molecule has 2 aromatic carbocycles. The Morgan fingerprint density at radius 1 is 1.27 bits per heavy atom. The monoisotopic (exact) mass is 318 g/mol. The average molecular weight is 319 g/mol. The molecule has 116 valence electrons. The van der Waals surface area contributed by atoms with Crippen LogP contribution < -0.4 is 4.74 Å². The van der Waals surface area contributed by atoms with Gasteiger partial charge in [0.2, 0.25) is 0 Å². The molecule has 0 saturated heterocycles. The Balaban J connectivity index is 2.38. The Kier molecular flexibility index (Phi) is 5.45. The summed E-state index contributed by atoms with van der Waals surface area (Å²) in [7, 11) is 1.60. The summed E-state index contributed by atoms with van der Waals surface area (Å²) < 4.78 is 5.37. The van der Waals surface area contributed by atoms with Gasteiger partial charge in [-0.15, -0.1) is 0 Å². The second-order valence-corrected chi connectivity index (χ2v) is 5.59. The van der Waals surface area contributed by atoms with Gasteiger partial charge in [-0.2, -0.15) is 0 Å². The molecule has 2 rings (SSSR count). The SMILES string of the molecule is CCc1ccc(OC)c(CC(C(=O)O)c2cccc(Cl)c2)c1. The van der Waals surface area contributed by atoms with E-state index in [1.165, 1.54) is 0 Å². The Bertz CT molecular complexity index is 667. The summed E-state index contributed by atoms with van der Waals surface area (Å²) in [6.07, 6.45) is 1.26. The van der Waals surface area contributed by atoms with E-state index >= 15 is 0 Å². The molecule has 4 heteroatoms. The quantitative estimate of drug-likeness (QED) is 0.862. The number of carboxylic acid groups (broad SMARTS) is 1. The molecule has 22 heavy (non-hydrogen) atoms. The minimum absolute atomic E-state index is 0.368. The number of benzene rings is 2. The first kappa shape index (κ1) is 16.4. The normalized spacial score (nSPS) is 12.0. The first-order valence-electron chi connectivity index (χ1n) is 7.19. The maximum absolute atomic E-state index is 11.7. The highest BCUT2D eigenvalue weighted by Gasteiger charge is 2.22. The zero-order chi connectivity index (χ0) is 16.1. The number of carboxylic acids is 1. The number of ether oxygens (including phenoxy) is 1. The predicted octanol–water partition coefficient (Wildman–Crippen LogP) is 4.32. The molecule has 0 radical (unpaired) electrons. The van der Waals surface area contributed by atoms with Gasteiger partial charge >= 0.3 is 5.97 Å². The van der Waals surface area contributed by atoms with E-state index < -0.39 is 11.9 Å². The fraction of sp³-hybridized carbons (Fsp3) is 0.278.